The number of aromatic nitrogens is 2. The number of hydrogen-bond donors (Lipinski definition) is 0. The van der Waals surface area contributed by atoms with Crippen LogP contribution in [0.2, 0.25) is 0 Å². The van der Waals surface area contributed by atoms with Gasteiger partial charge in [-0.15, -0.1) is 11.6 Å². The first-order chi connectivity index (χ1) is 9.79. The summed E-state index contributed by atoms with van der Waals surface area (Å²) in [6, 6.07) is 5.60. The van der Waals surface area contributed by atoms with E-state index in [9.17, 15) is 0 Å². The molecule has 1 atom stereocenters. The third-order valence-corrected chi connectivity index (χ3v) is 3.47. The third-order valence-electron chi connectivity index (χ3n) is 3.06. The van der Waals surface area contributed by atoms with Crippen molar-refractivity contribution in [2.75, 3.05) is 13.2 Å². The first-order valence-corrected chi connectivity index (χ1v) is 7.10. The van der Waals surface area contributed by atoms with Crippen molar-refractivity contribution in [1.82, 2.24) is 10.1 Å². The molecular formula is C14H15ClN2O3. The van der Waals surface area contributed by atoms with E-state index in [1.165, 1.54) is 0 Å². The summed E-state index contributed by atoms with van der Waals surface area (Å²) in [4.78, 5) is 4.36. The molecule has 0 bridgehead atoms. The lowest BCUT2D eigenvalue weighted by Crippen LogP contribution is -2.15. The average molecular weight is 295 g/mol. The van der Waals surface area contributed by atoms with Crippen LogP contribution in [-0.2, 0) is 0 Å². The van der Waals surface area contributed by atoms with E-state index in [1.807, 2.05) is 18.2 Å². The summed E-state index contributed by atoms with van der Waals surface area (Å²) in [5, 5.41) is 3.72. The zero-order valence-corrected chi connectivity index (χ0v) is 11.9. The number of rotatable bonds is 4. The topological polar surface area (TPSA) is 57.4 Å². The Hall–Kier alpha value is -1.75. The molecule has 2 aromatic rings. The summed E-state index contributed by atoms with van der Waals surface area (Å²) < 4.78 is 16.5. The first kappa shape index (κ1) is 13.2. The third kappa shape index (κ3) is 2.45. The fourth-order valence-corrected chi connectivity index (χ4v) is 2.40. The summed E-state index contributed by atoms with van der Waals surface area (Å²) >= 11 is 6.21. The smallest absolute Gasteiger partial charge is 0.261 e. The Kier molecular flexibility index (Phi) is 3.78. The number of hydrogen-bond acceptors (Lipinski definition) is 5. The van der Waals surface area contributed by atoms with Crippen LogP contribution < -0.4 is 9.47 Å². The maximum absolute atomic E-state index is 6.21. The Balaban J connectivity index is 1.94. The molecule has 6 heteroatoms. The zero-order chi connectivity index (χ0) is 13.9. The van der Waals surface area contributed by atoms with Crippen LogP contribution in [0, 0.1) is 0 Å². The van der Waals surface area contributed by atoms with Crippen LogP contribution in [0.5, 0.6) is 11.5 Å². The maximum atomic E-state index is 6.21. The summed E-state index contributed by atoms with van der Waals surface area (Å²) in [7, 11) is 0. The molecule has 1 aliphatic heterocycles. The molecule has 106 valence electrons. The van der Waals surface area contributed by atoms with E-state index in [0.717, 1.165) is 18.4 Å². The molecule has 0 radical (unpaired) electrons. The number of halogens is 1. The quantitative estimate of drug-likeness (QED) is 0.807. The summed E-state index contributed by atoms with van der Waals surface area (Å²) in [6.07, 6.45) is 1.78. The second-order valence-electron chi connectivity index (χ2n) is 4.54. The van der Waals surface area contributed by atoms with Gasteiger partial charge >= 0.3 is 0 Å². The van der Waals surface area contributed by atoms with Gasteiger partial charge in [0.1, 0.15) is 13.2 Å². The van der Waals surface area contributed by atoms with Crippen LogP contribution in [0.4, 0.5) is 0 Å². The number of ether oxygens (including phenoxy) is 2. The second kappa shape index (κ2) is 5.71. The molecule has 5 nitrogen and oxygen atoms in total. The van der Waals surface area contributed by atoms with Crippen LogP contribution in [0.15, 0.2) is 22.7 Å². The standard InChI is InChI=1S/C14H15ClN2O3/c1-2-4-10(15)13-16-14(20-17-13)9-5-3-6-11-12(9)19-8-7-18-11/h3,5-6,10H,2,4,7-8H2,1H3. The van der Waals surface area contributed by atoms with Gasteiger partial charge in [0.15, 0.2) is 17.3 Å². The molecule has 1 aromatic heterocycles. The van der Waals surface area contributed by atoms with Gasteiger partial charge in [-0.2, -0.15) is 4.98 Å². The van der Waals surface area contributed by atoms with E-state index in [0.29, 0.717) is 36.4 Å². The number of para-hydroxylation sites is 1. The SMILES string of the molecule is CCCC(Cl)c1noc(-c2cccc3c2OCCO3)n1. The number of fused-ring (bicyclic) bond motifs is 1. The number of benzene rings is 1. The van der Waals surface area contributed by atoms with Gasteiger partial charge in [-0.3, -0.25) is 0 Å². The molecule has 1 aromatic carbocycles. The van der Waals surface area contributed by atoms with E-state index in [-0.39, 0.29) is 5.38 Å². The zero-order valence-electron chi connectivity index (χ0n) is 11.1. The van der Waals surface area contributed by atoms with Gasteiger partial charge in [0.2, 0.25) is 0 Å². The van der Waals surface area contributed by atoms with E-state index in [2.05, 4.69) is 17.1 Å². The highest BCUT2D eigenvalue weighted by atomic mass is 35.5. The van der Waals surface area contributed by atoms with E-state index < -0.39 is 0 Å². The summed E-state index contributed by atoms with van der Waals surface area (Å²) in [6.45, 7) is 3.12. The van der Waals surface area contributed by atoms with Crippen molar-refractivity contribution >= 4 is 11.6 Å². The fourth-order valence-electron chi connectivity index (χ4n) is 2.10. The Morgan fingerprint density at radius 1 is 1.30 bits per heavy atom. The lowest BCUT2D eigenvalue weighted by molar-refractivity contribution is 0.172. The molecule has 0 fully saturated rings. The average Bonchev–Trinajstić information content (AvgIpc) is 2.97. The van der Waals surface area contributed by atoms with Gasteiger partial charge in [0.25, 0.3) is 5.89 Å². The van der Waals surface area contributed by atoms with Crippen molar-refractivity contribution < 1.29 is 14.0 Å². The highest BCUT2D eigenvalue weighted by Gasteiger charge is 2.22. The molecule has 0 N–H and O–H groups in total. The Bertz CT molecular complexity index is 600. The molecule has 0 amide bonds. The van der Waals surface area contributed by atoms with Crippen molar-refractivity contribution in [3.05, 3.63) is 24.0 Å². The van der Waals surface area contributed by atoms with Gasteiger partial charge in [-0.05, 0) is 18.6 Å². The van der Waals surface area contributed by atoms with Crippen LogP contribution in [0.25, 0.3) is 11.5 Å². The molecule has 2 heterocycles. The van der Waals surface area contributed by atoms with Crippen molar-refractivity contribution in [1.29, 1.82) is 0 Å². The molecule has 1 unspecified atom stereocenters. The van der Waals surface area contributed by atoms with Gasteiger partial charge in [0, 0.05) is 0 Å². The van der Waals surface area contributed by atoms with E-state index in [1.54, 1.807) is 0 Å². The number of alkyl halides is 1. The summed E-state index contributed by atoms with van der Waals surface area (Å²) in [5.41, 5.74) is 0.737. The van der Waals surface area contributed by atoms with Crippen molar-refractivity contribution in [2.45, 2.75) is 25.1 Å². The minimum Gasteiger partial charge on any atom is -0.486 e. The van der Waals surface area contributed by atoms with Crippen molar-refractivity contribution in [3.63, 3.8) is 0 Å². The van der Waals surface area contributed by atoms with Crippen LogP contribution in [0.1, 0.15) is 31.0 Å². The van der Waals surface area contributed by atoms with Gasteiger partial charge in [-0.1, -0.05) is 24.6 Å². The summed E-state index contributed by atoms with van der Waals surface area (Å²) in [5.74, 6) is 2.27. The lowest BCUT2D eigenvalue weighted by Gasteiger charge is -2.19. The van der Waals surface area contributed by atoms with Crippen LogP contribution in [0.3, 0.4) is 0 Å². The Morgan fingerprint density at radius 2 is 2.15 bits per heavy atom. The molecule has 1 aliphatic rings. The molecule has 0 saturated carbocycles. The highest BCUT2D eigenvalue weighted by Crippen LogP contribution is 2.39. The monoisotopic (exact) mass is 294 g/mol. The normalized spacial score (nSPS) is 15.1. The molecule has 0 spiro atoms. The maximum Gasteiger partial charge on any atom is 0.261 e. The predicted molar refractivity (Wildman–Crippen MR) is 74.2 cm³/mol. The molecule has 0 aliphatic carbocycles. The minimum atomic E-state index is -0.228. The minimum absolute atomic E-state index is 0.228. The number of nitrogens with zero attached hydrogens (tertiary/aromatic N) is 2. The van der Waals surface area contributed by atoms with Crippen molar-refractivity contribution in [2.24, 2.45) is 0 Å². The highest BCUT2D eigenvalue weighted by molar-refractivity contribution is 6.20. The Labute approximate surface area is 121 Å². The van der Waals surface area contributed by atoms with Gasteiger partial charge in [0.05, 0.1) is 10.9 Å². The lowest BCUT2D eigenvalue weighted by atomic mass is 10.1. The van der Waals surface area contributed by atoms with Crippen molar-refractivity contribution in [3.8, 4) is 23.0 Å². The van der Waals surface area contributed by atoms with E-state index >= 15 is 0 Å². The Morgan fingerprint density at radius 3 is 3.00 bits per heavy atom. The molecule has 0 saturated heterocycles. The van der Waals surface area contributed by atoms with E-state index in [4.69, 9.17) is 25.6 Å². The molecular weight excluding hydrogens is 280 g/mol. The predicted octanol–water partition coefficient (Wildman–Crippen LogP) is 3.59. The molecule has 20 heavy (non-hydrogen) atoms. The largest absolute Gasteiger partial charge is 0.486 e. The molecule has 3 rings (SSSR count). The fraction of sp³-hybridized carbons (Fsp3) is 0.429. The van der Waals surface area contributed by atoms with Gasteiger partial charge < -0.3 is 14.0 Å². The van der Waals surface area contributed by atoms with Crippen LogP contribution in [-0.4, -0.2) is 23.4 Å². The van der Waals surface area contributed by atoms with Gasteiger partial charge in [-0.25, -0.2) is 0 Å². The first-order valence-electron chi connectivity index (χ1n) is 6.66. The second-order valence-corrected chi connectivity index (χ2v) is 5.07. The van der Waals surface area contributed by atoms with Crippen LogP contribution >= 0.6 is 11.6 Å².